The highest BCUT2D eigenvalue weighted by atomic mass is 35.5. The van der Waals surface area contributed by atoms with Crippen molar-refractivity contribution >= 4 is 17.5 Å². The van der Waals surface area contributed by atoms with Crippen LogP contribution >= 0.6 is 11.6 Å². The summed E-state index contributed by atoms with van der Waals surface area (Å²) < 4.78 is 2.01. The fourth-order valence-electron chi connectivity index (χ4n) is 2.52. The number of carbonyl (C=O) groups is 1. The van der Waals surface area contributed by atoms with Crippen LogP contribution < -0.4 is 0 Å². The summed E-state index contributed by atoms with van der Waals surface area (Å²) in [5.41, 5.74) is 3.42. The first kappa shape index (κ1) is 16.1. The second kappa shape index (κ2) is 6.67. The van der Waals surface area contributed by atoms with Crippen LogP contribution in [0.3, 0.4) is 0 Å². The summed E-state index contributed by atoms with van der Waals surface area (Å²) in [7, 11) is 1.71. The van der Waals surface area contributed by atoms with Gasteiger partial charge in [-0.05, 0) is 38.1 Å². The Labute approximate surface area is 135 Å². The Kier molecular flexibility index (Phi) is 4.89. The van der Waals surface area contributed by atoms with Crippen LogP contribution in [0.1, 0.15) is 28.2 Å². The Bertz CT molecular complexity index is 743. The molecule has 0 aliphatic rings. The van der Waals surface area contributed by atoms with Crippen LogP contribution in [-0.4, -0.2) is 29.0 Å². The van der Waals surface area contributed by atoms with Gasteiger partial charge in [-0.25, -0.2) is 0 Å². The van der Waals surface area contributed by atoms with Gasteiger partial charge >= 0.3 is 0 Å². The van der Waals surface area contributed by atoms with Crippen molar-refractivity contribution in [3.8, 4) is 11.8 Å². The van der Waals surface area contributed by atoms with E-state index in [9.17, 15) is 4.79 Å². The third kappa shape index (κ3) is 3.15. The first-order chi connectivity index (χ1) is 10.5. The smallest absolute Gasteiger partial charge is 0.255 e. The quantitative estimate of drug-likeness (QED) is 0.863. The standard InChI is InChI=1S/C17H18ClN3O/c1-12-10-16(17(22)20(3)9-5-8-19)13(2)21(12)15-7-4-6-14(18)11-15/h4,6-7,10-11H,5,9H2,1-3H3. The van der Waals surface area contributed by atoms with Gasteiger partial charge in [0.1, 0.15) is 0 Å². The molecule has 22 heavy (non-hydrogen) atoms. The van der Waals surface area contributed by atoms with Gasteiger partial charge < -0.3 is 9.47 Å². The van der Waals surface area contributed by atoms with Crippen molar-refractivity contribution in [3.05, 3.63) is 52.3 Å². The molecule has 114 valence electrons. The van der Waals surface area contributed by atoms with Gasteiger partial charge in [0.15, 0.2) is 0 Å². The Morgan fingerprint density at radius 2 is 2.09 bits per heavy atom. The molecular formula is C17H18ClN3O. The van der Waals surface area contributed by atoms with E-state index in [0.717, 1.165) is 17.1 Å². The van der Waals surface area contributed by atoms with Crippen molar-refractivity contribution in [2.75, 3.05) is 13.6 Å². The third-order valence-corrected chi connectivity index (χ3v) is 3.87. The molecule has 0 spiro atoms. The Hall–Kier alpha value is -2.25. The molecule has 1 amide bonds. The van der Waals surface area contributed by atoms with Gasteiger partial charge in [-0.15, -0.1) is 0 Å². The van der Waals surface area contributed by atoms with E-state index in [1.165, 1.54) is 0 Å². The average molecular weight is 316 g/mol. The summed E-state index contributed by atoms with van der Waals surface area (Å²) in [6, 6.07) is 11.5. The zero-order chi connectivity index (χ0) is 16.3. The highest BCUT2D eigenvalue weighted by Crippen LogP contribution is 2.23. The number of aryl methyl sites for hydroxylation is 1. The Morgan fingerprint density at radius 1 is 1.36 bits per heavy atom. The summed E-state index contributed by atoms with van der Waals surface area (Å²) in [4.78, 5) is 14.1. The van der Waals surface area contributed by atoms with Crippen LogP contribution in [0, 0.1) is 25.2 Å². The lowest BCUT2D eigenvalue weighted by molar-refractivity contribution is 0.0797. The van der Waals surface area contributed by atoms with Crippen LogP contribution in [0.2, 0.25) is 5.02 Å². The maximum absolute atomic E-state index is 12.5. The van der Waals surface area contributed by atoms with E-state index in [4.69, 9.17) is 16.9 Å². The number of aromatic nitrogens is 1. The Morgan fingerprint density at radius 3 is 2.73 bits per heavy atom. The summed E-state index contributed by atoms with van der Waals surface area (Å²) >= 11 is 6.06. The van der Waals surface area contributed by atoms with Gasteiger partial charge in [-0.1, -0.05) is 17.7 Å². The molecule has 0 bridgehead atoms. The first-order valence-electron chi connectivity index (χ1n) is 7.03. The largest absolute Gasteiger partial charge is 0.341 e. The van der Waals surface area contributed by atoms with Gasteiger partial charge in [-0.3, -0.25) is 4.79 Å². The molecule has 0 unspecified atom stereocenters. The van der Waals surface area contributed by atoms with E-state index in [0.29, 0.717) is 23.6 Å². The molecule has 0 N–H and O–H groups in total. The number of hydrogen-bond donors (Lipinski definition) is 0. The zero-order valence-corrected chi connectivity index (χ0v) is 13.7. The fraction of sp³-hybridized carbons (Fsp3) is 0.294. The predicted molar refractivity (Wildman–Crippen MR) is 87.4 cm³/mol. The number of amides is 1. The van der Waals surface area contributed by atoms with Crippen molar-refractivity contribution in [2.24, 2.45) is 0 Å². The Balaban J connectivity index is 2.39. The fourth-order valence-corrected chi connectivity index (χ4v) is 2.70. The maximum Gasteiger partial charge on any atom is 0.255 e. The van der Waals surface area contributed by atoms with Gasteiger partial charge in [0.25, 0.3) is 5.91 Å². The molecule has 0 aliphatic heterocycles. The minimum absolute atomic E-state index is 0.0726. The van der Waals surface area contributed by atoms with E-state index in [1.54, 1.807) is 11.9 Å². The van der Waals surface area contributed by atoms with Gasteiger partial charge in [0, 0.05) is 35.7 Å². The molecule has 0 radical (unpaired) electrons. The second-order valence-electron chi connectivity index (χ2n) is 5.23. The lowest BCUT2D eigenvalue weighted by Crippen LogP contribution is -2.27. The average Bonchev–Trinajstić information content (AvgIpc) is 2.78. The van der Waals surface area contributed by atoms with Crippen LogP contribution in [0.25, 0.3) is 5.69 Å². The normalized spacial score (nSPS) is 10.3. The molecule has 0 aliphatic carbocycles. The third-order valence-electron chi connectivity index (χ3n) is 3.63. The van der Waals surface area contributed by atoms with Gasteiger partial charge in [0.2, 0.25) is 0 Å². The van der Waals surface area contributed by atoms with Crippen LogP contribution in [0.4, 0.5) is 0 Å². The molecule has 4 nitrogen and oxygen atoms in total. The minimum atomic E-state index is -0.0726. The number of rotatable bonds is 4. The molecule has 1 aromatic carbocycles. The summed E-state index contributed by atoms with van der Waals surface area (Å²) in [5, 5.41) is 9.30. The molecule has 2 rings (SSSR count). The SMILES string of the molecule is Cc1cc(C(=O)N(C)CCC#N)c(C)n1-c1cccc(Cl)c1. The lowest BCUT2D eigenvalue weighted by atomic mass is 10.2. The number of halogens is 1. The van der Waals surface area contributed by atoms with Crippen molar-refractivity contribution in [3.63, 3.8) is 0 Å². The van der Waals surface area contributed by atoms with Crippen molar-refractivity contribution in [2.45, 2.75) is 20.3 Å². The molecule has 2 aromatic rings. The van der Waals surface area contributed by atoms with E-state index in [-0.39, 0.29) is 5.91 Å². The predicted octanol–water partition coefficient (Wildman–Crippen LogP) is 3.73. The highest BCUT2D eigenvalue weighted by Gasteiger charge is 2.19. The molecule has 5 heteroatoms. The van der Waals surface area contributed by atoms with Crippen LogP contribution in [0.15, 0.2) is 30.3 Å². The van der Waals surface area contributed by atoms with Gasteiger partial charge in [-0.2, -0.15) is 5.26 Å². The number of nitrogens with zero attached hydrogens (tertiary/aromatic N) is 3. The zero-order valence-electron chi connectivity index (χ0n) is 12.9. The summed E-state index contributed by atoms with van der Waals surface area (Å²) in [5.74, 6) is -0.0726. The van der Waals surface area contributed by atoms with Crippen molar-refractivity contribution in [1.29, 1.82) is 5.26 Å². The monoisotopic (exact) mass is 315 g/mol. The molecule has 0 atom stereocenters. The number of carbonyl (C=O) groups excluding carboxylic acids is 1. The van der Waals surface area contributed by atoms with E-state index in [1.807, 2.05) is 48.7 Å². The number of hydrogen-bond acceptors (Lipinski definition) is 2. The lowest BCUT2D eigenvalue weighted by Gasteiger charge is -2.16. The van der Waals surface area contributed by atoms with Crippen LogP contribution in [-0.2, 0) is 0 Å². The summed E-state index contributed by atoms with van der Waals surface area (Å²) in [6.07, 6.45) is 0.329. The number of nitriles is 1. The maximum atomic E-state index is 12.5. The molecule has 1 aromatic heterocycles. The topological polar surface area (TPSA) is 49.0 Å². The molecule has 1 heterocycles. The van der Waals surface area contributed by atoms with Crippen LogP contribution in [0.5, 0.6) is 0 Å². The molecule has 0 saturated heterocycles. The molecule has 0 saturated carbocycles. The van der Waals surface area contributed by atoms with E-state index < -0.39 is 0 Å². The molecule has 0 fully saturated rings. The highest BCUT2D eigenvalue weighted by molar-refractivity contribution is 6.30. The van der Waals surface area contributed by atoms with E-state index in [2.05, 4.69) is 6.07 Å². The van der Waals surface area contributed by atoms with Gasteiger partial charge in [0.05, 0.1) is 18.1 Å². The van der Waals surface area contributed by atoms with Crippen molar-refractivity contribution in [1.82, 2.24) is 9.47 Å². The number of benzene rings is 1. The van der Waals surface area contributed by atoms with Crippen molar-refractivity contribution < 1.29 is 4.79 Å². The molecular weight excluding hydrogens is 298 g/mol. The summed E-state index contributed by atoms with van der Waals surface area (Å²) in [6.45, 7) is 4.30. The second-order valence-corrected chi connectivity index (χ2v) is 5.67. The van der Waals surface area contributed by atoms with E-state index >= 15 is 0 Å². The minimum Gasteiger partial charge on any atom is -0.341 e. The first-order valence-corrected chi connectivity index (χ1v) is 7.40.